The maximum Gasteiger partial charge on any atom is 0.232 e. The van der Waals surface area contributed by atoms with Gasteiger partial charge in [0.15, 0.2) is 0 Å². The van der Waals surface area contributed by atoms with Crippen LogP contribution in [0.3, 0.4) is 0 Å². The second-order valence-electron chi connectivity index (χ2n) is 4.34. The topological polar surface area (TPSA) is 49.4 Å². The smallest absolute Gasteiger partial charge is 0.232 e. The van der Waals surface area contributed by atoms with Gasteiger partial charge in [0.25, 0.3) is 0 Å². The fraction of sp³-hybridized carbons (Fsp3) is 0.800. The Bertz CT molecular complexity index is 251. The molecule has 1 aliphatic carbocycles. The van der Waals surface area contributed by atoms with Crippen molar-refractivity contribution in [1.29, 1.82) is 0 Å². The molecule has 4 heteroatoms. The van der Waals surface area contributed by atoms with Crippen LogP contribution in [0.25, 0.3) is 0 Å². The SMILES string of the molecule is CNC(C)CN1C(=O)C2CC(C2)C1=O. The van der Waals surface area contributed by atoms with Crippen LogP contribution in [0.15, 0.2) is 0 Å². The van der Waals surface area contributed by atoms with Crippen molar-refractivity contribution in [3.05, 3.63) is 0 Å². The summed E-state index contributed by atoms with van der Waals surface area (Å²) in [6, 6.07) is 0.181. The van der Waals surface area contributed by atoms with Crippen LogP contribution >= 0.6 is 0 Å². The van der Waals surface area contributed by atoms with E-state index in [4.69, 9.17) is 0 Å². The van der Waals surface area contributed by atoms with E-state index < -0.39 is 0 Å². The van der Waals surface area contributed by atoms with Crippen LogP contribution in [0.2, 0.25) is 0 Å². The van der Waals surface area contributed by atoms with Gasteiger partial charge in [-0.1, -0.05) is 0 Å². The lowest BCUT2D eigenvalue weighted by Crippen LogP contribution is -2.58. The van der Waals surface area contributed by atoms with Crippen LogP contribution in [0.5, 0.6) is 0 Å². The molecule has 14 heavy (non-hydrogen) atoms. The van der Waals surface area contributed by atoms with Gasteiger partial charge in [0.2, 0.25) is 11.8 Å². The summed E-state index contributed by atoms with van der Waals surface area (Å²) in [5.41, 5.74) is 0. The minimum atomic E-state index is 0.0413. The maximum atomic E-state index is 11.7. The van der Waals surface area contributed by atoms with Crippen molar-refractivity contribution in [2.24, 2.45) is 11.8 Å². The first-order valence-electron chi connectivity index (χ1n) is 5.16. The molecular formula is C10H16N2O2. The van der Waals surface area contributed by atoms with E-state index in [1.807, 2.05) is 14.0 Å². The zero-order valence-corrected chi connectivity index (χ0v) is 8.62. The number of carbonyl (C=O) groups is 2. The molecule has 1 unspecified atom stereocenters. The van der Waals surface area contributed by atoms with Gasteiger partial charge in [0.1, 0.15) is 0 Å². The van der Waals surface area contributed by atoms with Crippen LogP contribution in [-0.2, 0) is 9.59 Å². The van der Waals surface area contributed by atoms with Crippen molar-refractivity contribution in [2.45, 2.75) is 25.8 Å². The summed E-state index contributed by atoms with van der Waals surface area (Å²) in [5.74, 6) is 0.364. The molecule has 2 saturated heterocycles. The molecular weight excluding hydrogens is 180 g/mol. The molecule has 2 amide bonds. The van der Waals surface area contributed by atoms with Crippen molar-refractivity contribution in [3.63, 3.8) is 0 Å². The summed E-state index contributed by atoms with van der Waals surface area (Å²) in [4.78, 5) is 24.8. The van der Waals surface area contributed by atoms with E-state index in [-0.39, 0.29) is 29.7 Å². The Balaban J connectivity index is 2.03. The van der Waals surface area contributed by atoms with Crippen molar-refractivity contribution in [3.8, 4) is 0 Å². The molecule has 3 aliphatic rings. The molecule has 1 atom stereocenters. The highest BCUT2D eigenvalue weighted by molar-refractivity contribution is 6.02. The number of nitrogens with zero attached hydrogens (tertiary/aromatic N) is 1. The number of nitrogens with one attached hydrogen (secondary N) is 1. The predicted molar refractivity (Wildman–Crippen MR) is 51.5 cm³/mol. The van der Waals surface area contributed by atoms with Gasteiger partial charge in [0, 0.05) is 24.4 Å². The number of hydrogen-bond acceptors (Lipinski definition) is 3. The lowest BCUT2D eigenvalue weighted by molar-refractivity contribution is -0.165. The van der Waals surface area contributed by atoms with Crippen molar-refractivity contribution >= 4 is 11.8 Å². The Morgan fingerprint density at radius 3 is 2.29 bits per heavy atom. The van der Waals surface area contributed by atoms with Crippen LogP contribution in [0, 0.1) is 11.8 Å². The number of piperidine rings is 2. The number of fused-ring (bicyclic) bond motifs is 2. The molecule has 0 spiro atoms. The highest BCUT2D eigenvalue weighted by Crippen LogP contribution is 2.41. The Labute approximate surface area is 83.6 Å². The van der Waals surface area contributed by atoms with Gasteiger partial charge in [-0.2, -0.15) is 0 Å². The van der Waals surface area contributed by atoms with Gasteiger partial charge >= 0.3 is 0 Å². The van der Waals surface area contributed by atoms with E-state index in [2.05, 4.69) is 5.32 Å². The molecule has 78 valence electrons. The summed E-state index contributed by atoms with van der Waals surface area (Å²) in [7, 11) is 1.84. The molecule has 1 saturated carbocycles. The first kappa shape index (κ1) is 9.65. The minimum absolute atomic E-state index is 0.0413. The number of hydrogen-bond donors (Lipinski definition) is 1. The monoisotopic (exact) mass is 196 g/mol. The van der Waals surface area contributed by atoms with Crippen LogP contribution in [0.1, 0.15) is 19.8 Å². The average Bonchev–Trinajstić information content (AvgIpc) is 2.08. The van der Waals surface area contributed by atoms with E-state index in [1.165, 1.54) is 4.90 Å². The van der Waals surface area contributed by atoms with Crippen LogP contribution in [0.4, 0.5) is 0 Å². The summed E-state index contributed by atoms with van der Waals surface area (Å²) in [6.07, 6.45) is 1.59. The van der Waals surface area contributed by atoms with Crippen LogP contribution < -0.4 is 5.32 Å². The third-order valence-corrected chi connectivity index (χ3v) is 3.32. The number of likely N-dealkylation sites (N-methyl/N-ethyl adjacent to an activating group) is 1. The molecule has 0 radical (unpaired) electrons. The summed E-state index contributed by atoms with van der Waals surface area (Å²) in [5, 5.41) is 3.04. The molecule has 1 N–H and O–H groups in total. The zero-order chi connectivity index (χ0) is 10.3. The van der Waals surface area contributed by atoms with Gasteiger partial charge in [-0.25, -0.2) is 0 Å². The maximum absolute atomic E-state index is 11.7. The summed E-state index contributed by atoms with van der Waals surface area (Å²) in [6.45, 7) is 2.49. The summed E-state index contributed by atoms with van der Waals surface area (Å²) < 4.78 is 0. The highest BCUT2D eigenvalue weighted by atomic mass is 16.2. The van der Waals surface area contributed by atoms with Crippen LogP contribution in [-0.4, -0.2) is 36.3 Å². The quantitative estimate of drug-likeness (QED) is 0.646. The lowest BCUT2D eigenvalue weighted by Gasteiger charge is -2.44. The largest absolute Gasteiger partial charge is 0.315 e. The first-order chi connectivity index (χ1) is 6.63. The fourth-order valence-corrected chi connectivity index (χ4v) is 2.12. The lowest BCUT2D eigenvalue weighted by atomic mass is 9.70. The normalized spacial score (nSPS) is 32.9. The van der Waals surface area contributed by atoms with Gasteiger partial charge in [-0.3, -0.25) is 14.5 Å². The Morgan fingerprint density at radius 2 is 1.86 bits per heavy atom. The zero-order valence-electron chi connectivity index (χ0n) is 8.62. The van der Waals surface area contributed by atoms with E-state index in [9.17, 15) is 9.59 Å². The number of imide groups is 1. The number of rotatable bonds is 3. The molecule has 2 bridgehead atoms. The second-order valence-corrected chi connectivity index (χ2v) is 4.34. The van der Waals surface area contributed by atoms with Crippen molar-refractivity contribution in [1.82, 2.24) is 10.2 Å². The molecule has 0 aromatic heterocycles. The number of carbonyl (C=O) groups excluding carboxylic acids is 2. The predicted octanol–water partition coefficient (Wildman–Crippen LogP) is -0.0107. The average molecular weight is 196 g/mol. The van der Waals surface area contributed by atoms with Crippen molar-refractivity contribution < 1.29 is 9.59 Å². The third kappa shape index (κ3) is 1.34. The van der Waals surface area contributed by atoms with Crippen molar-refractivity contribution in [2.75, 3.05) is 13.6 Å². The highest BCUT2D eigenvalue weighted by Gasteiger charge is 2.49. The Kier molecular flexibility index (Phi) is 2.31. The molecule has 0 aromatic carbocycles. The van der Waals surface area contributed by atoms with Gasteiger partial charge in [-0.05, 0) is 26.8 Å². The summed E-state index contributed by atoms with van der Waals surface area (Å²) >= 11 is 0. The van der Waals surface area contributed by atoms with E-state index in [0.717, 1.165) is 12.8 Å². The first-order valence-corrected chi connectivity index (χ1v) is 5.16. The number of amides is 2. The Hall–Kier alpha value is -0.900. The van der Waals surface area contributed by atoms with Gasteiger partial charge in [0.05, 0.1) is 0 Å². The minimum Gasteiger partial charge on any atom is -0.315 e. The van der Waals surface area contributed by atoms with E-state index in [1.54, 1.807) is 0 Å². The standard InChI is InChI=1S/C10H16N2O2/c1-6(11-2)5-12-9(13)7-3-8(4-7)10(12)14/h6-8,11H,3-5H2,1-2H3. The van der Waals surface area contributed by atoms with Gasteiger partial charge < -0.3 is 5.32 Å². The Morgan fingerprint density at radius 1 is 1.36 bits per heavy atom. The molecule has 0 aromatic rings. The van der Waals surface area contributed by atoms with Gasteiger partial charge in [-0.15, -0.1) is 0 Å². The molecule has 3 fully saturated rings. The molecule has 4 nitrogen and oxygen atoms in total. The van der Waals surface area contributed by atoms with E-state index in [0.29, 0.717) is 6.54 Å². The molecule has 3 rings (SSSR count). The fourth-order valence-electron chi connectivity index (χ4n) is 2.12. The second kappa shape index (κ2) is 3.35. The molecule has 2 heterocycles. The van der Waals surface area contributed by atoms with E-state index >= 15 is 0 Å². The molecule has 2 aliphatic heterocycles. The third-order valence-electron chi connectivity index (χ3n) is 3.32.